The fourth-order valence-electron chi connectivity index (χ4n) is 0.562. The van der Waals surface area contributed by atoms with Gasteiger partial charge < -0.3 is 16.3 Å². The van der Waals surface area contributed by atoms with Crippen LogP contribution in [0.2, 0.25) is 0 Å². The second-order valence-electron chi connectivity index (χ2n) is 2.02. The monoisotopic (exact) mass is 177 g/mol. The molecule has 0 aromatic heterocycles. The van der Waals surface area contributed by atoms with E-state index in [4.69, 9.17) is 16.3 Å². The van der Waals surface area contributed by atoms with Crippen molar-refractivity contribution in [3.63, 3.8) is 0 Å². The maximum Gasteiger partial charge on any atom is 0.177 e. The Balaban J connectivity index is 3.02. The van der Waals surface area contributed by atoms with Crippen LogP contribution < -0.4 is 11.6 Å². The molecule has 5 heteroatoms. The molecule has 0 rings (SSSR count). The molecule has 0 spiro atoms. The molecule has 0 aliphatic rings. The fourth-order valence-corrected chi connectivity index (χ4v) is 1.19. The zero-order valence-corrected chi connectivity index (χ0v) is 7.56. The molecule has 0 aliphatic heterocycles. The van der Waals surface area contributed by atoms with Crippen LogP contribution in [0.1, 0.15) is 12.8 Å². The van der Waals surface area contributed by atoms with E-state index in [-0.39, 0.29) is 0 Å². The first-order valence-electron chi connectivity index (χ1n) is 3.46. The second kappa shape index (κ2) is 7.68. The Morgan fingerprint density at radius 3 is 2.82 bits per heavy atom. The quantitative estimate of drug-likeness (QED) is 0.209. The molecule has 0 aliphatic carbocycles. The van der Waals surface area contributed by atoms with Gasteiger partial charge >= 0.3 is 0 Å². The van der Waals surface area contributed by atoms with Crippen molar-refractivity contribution in [3.05, 3.63) is 0 Å². The highest BCUT2D eigenvalue weighted by Gasteiger charge is 1.92. The molecule has 0 saturated heterocycles. The summed E-state index contributed by atoms with van der Waals surface area (Å²) in [5.74, 6) is 5.88. The molecule has 0 amide bonds. The summed E-state index contributed by atoms with van der Waals surface area (Å²) < 4.78 is 4.88. The van der Waals surface area contributed by atoms with E-state index in [2.05, 4.69) is 5.10 Å². The van der Waals surface area contributed by atoms with Crippen molar-refractivity contribution in [1.82, 2.24) is 0 Å². The second-order valence-corrected chi connectivity index (χ2v) is 3.13. The maximum absolute atomic E-state index is 5.34. The van der Waals surface area contributed by atoms with Crippen LogP contribution >= 0.6 is 11.8 Å². The summed E-state index contributed by atoms with van der Waals surface area (Å²) in [5.41, 5.74) is 5.34. The van der Waals surface area contributed by atoms with Crippen LogP contribution in [-0.4, -0.2) is 24.6 Å². The number of hydrogen-bond acceptors (Lipinski definition) is 4. The summed E-state index contributed by atoms with van der Waals surface area (Å²) in [7, 11) is 1.70. The van der Waals surface area contributed by atoms with Crippen molar-refractivity contribution < 1.29 is 4.74 Å². The van der Waals surface area contributed by atoms with Gasteiger partial charge in [-0.05, 0) is 12.8 Å². The minimum absolute atomic E-state index is 0.447. The number of hydrogen-bond donors (Lipinski definition) is 2. The molecular weight excluding hydrogens is 162 g/mol. The summed E-state index contributed by atoms with van der Waals surface area (Å²) in [4.78, 5) is 0. The van der Waals surface area contributed by atoms with Crippen molar-refractivity contribution in [1.29, 1.82) is 0 Å². The molecule has 4 N–H and O–H groups in total. The molecule has 0 radical (unpaired) electrons. The molecule has 4 nitrogen and oxygen atoms in total. The number of ether oxygens (including phenoxy) is 1. The third-order valence-electron chi connectivity index (χ3n) is 1.12. The SMILES string of the molecule is COCCCCSC(N)=NN. The van der Waals surface area contributed by atoms with Crippen LogP contribution in [0.25, 0.3) is 0 Å². The van der Waals surface area contributed by atoms with E-state index >= 15 is 0 Å². The number of nitrogens with two attached hydrogens (primary N) is 2. The Labute approximate surface area is 71.3 Å². The summed E-state index contributed by atoms with van der Waals surface area (Å²) in [6.45, 7) is 0.806. The number of hydrazone groups is 1. The van der Waals surface area contributed by atoms with E-state index in [0.717, 1.165) is 25.2 Å². The standard InChI is InChI=1S/C6H15N3OS/c1-10-4-2-3-5-11-6(7)9-8/h2-5,8H2,1H3,(H2,7,9). The number of methoxy groups -OCH3 is 1. The van der Waals surface area contributed by atoms with Crippen LogP contribution in [0.5, 0.6) is 0 Å². The Morgan fingerprint density at radius 2 is 2.27 bits per heavy atom. The number of amidine groups is 1. The number of thioether (sulfide) groups is 1. The average Bonchev–Trinajstić information content (AvgIpc) is 2.04. The van der Waals surface area contributed by atoms with Crippen molar-refractivity contribution in [2.45, 2.75) is 12.8 Å². The summed E-state index contributed by atoms with van der Waals surface area (Å²) >= 11 is 1.47. The van der Waals surface area contributed by atoms with Gasteiger partial charge in [-0.25, -0.2) is 0 Å². The molecule has 0 aromatic carbocycles. The Kier molecular flexibility index (Phi) is 7.39. The van der Waals surface area contributed by atoms with E-state index in [1.165, 1.54) is 11.8 Å². The molecule has 0 heterocycles. The molecule has 11 heavy (non-hydrogen) atoms. The van der Waals surface area contributed by atoms with Crippen LogP contribution in [0.4, 0.5) is 0 Å². The summed E-state index contributed by atoms with van der Waals surface area (Å²) in [5, 5.41) is 3.78. The van der Waals surface area contributed by atoms with Crippen LogP contribution in [0, 0.1) is 0 Å². The molecular formula is C6H15N3OS. The zero-order valence-electron chi connectivity index (χ0n) is 6.75. The summed E-state index contributed by atoms with van der Waals surface area (Å²) in [6, 6.07) is 0. The van der Waals surface area contributed by atoms with Crippen molar-refractivity contribution in [3.8, 4) is 0 Å². The molecule has 0 unspecified atom stereocenters. The normalized spacial score (nSPS) is 11.9. The van der Waals surface area contributed by atoms with Gasteiger partial charge in [-0.2, -0.15) is 5.10 Å². The van der Waals surface area contributed by atoms with E-state index in [9.17, 15) is 0 Å². The fraction of sp³-hybridized carbons (Fsp3) is 0.833. The molecule has 0 fully saturated rings. The third kappa shape index (κ3) is 7.48. The molecule has 0 aromatic rings. The van der Waals surface area contributed by atoms with Crippen molar-refractivity contribution >= 4 is 16.9 Å². The van der Waals surface area contributed by atoms with Crippen molar-refractivity contribution in [2.75, 3.05) is 19.5 Å². The summed E-state index contributed by atoms with van der Waals surface area (Å²) in [6.07, 6.45) is 2.13. The van der Waals surface area contributed by atoms with Gasteiger partial charge in [0.2, 0.25) is 0 Å². The lowest BCUT2D eigenvalue weighted by Crippen LogP contribution is -2.09. The van der Waals surface area contributed by atoms with Gasteiger partial charge in [0.1, 0.15) is 0 Å². The highest BCUT2D eigenvalue weighted by Crippen LogP contribution is 2.03. The molecule has 0 atom stereocenters. The predicted octanol–water partition coefficient (Wildman–Crippen LogP) is 0.335. The Morgan fingerprint density at radius 1 is 1.55 bits per heavy atom. The Bertz CT molecular complexity index is 118. The lowest BCUT2D eigenvalue weighted by atomic mass is 10.4. The smallest absolute Gasteiger partial charge is 0.177 e. The highest BCUT2D eigenvalue weighted by molar-refractivity contribution is 8.13. The first kappa shape index (κ1) is 10.6. The lowest BCUT2D eigenvalue weighted by molar-refractivity contribution is 0.194. The first-order chi connectivity index (χ1) is 5.31. The average molecular weight is 177 g/mol. The van der Waals surface area contributed by atoms with Gasteiger partial charge in [0, 0.05) is 19.5 Å². The molecule has 0 bridgehead atoms. The topological polar surface area (TPSA) is 73.6 Å². The van der Waals surface area contributed by atoms with Crippen LogP contribution in [0.15, 0.2) is 5.10 Å². The minimum atomic E-state index is 0.447. The minimum Gasteiger partial charge on any atom is -0.385 e. The van der Waals surface area contributed by atoms with Crippen LogP contribution in [0.3, 0.4) is 0 Å². The van der Waals surface area contributed by atoms with Gasteiger partial charge in [0.15, 0.2) is 5.17 Å². The largest absolute Gasteiger partial charge is 0.385 e. The van der Waals surface area contributed by atoms with Gasteiger partial charge in [0.25, 0.3) is 0 Å². The van der Waals surface area contributed by atoms with Crippen molar-refractivity contribution in [2.24, 2.45) is 16.7 Å². The zero-order chi connectivity index (χ0) is 8.53. The maximum atomic E-state index is 5.34. The lowest BCUT2D eigenvalue weighted by Gasteiger charge is -1.98. The molecule has 66 valence electrons. The van der Waals surface area contributed by atoms with Gasteiger partial charge in [-0.1, -0.05) is 11.8 Å². The third-order valence-corrected chi connectivity index (χ3v) is 2.01. The van der Waals surface area contributed by atoms with Gasteiger partial charge in [-0.3, -0.25) is 0 Å². The van der Waals surface area contributed by atoms with Crippen LogP contribution in [-0.2, 0) is 4.74 Å². The van der Waals surface area contributed by atoms with E-state index in [0.29, 0.717) is 5.17 Å². The van der Waals surface area contributed by atoms with E-state index in [1.807, 2.05) is 0 Å². The van der Waals surface area contributed by atoms with Gasteiger partial charge in [-0.15, -0.1) is 0 Å². The number of unbranched alkanes of at least 4 members (excludes halogenated alkanes) is 1. The highest BCUT2D eigenvalue weighted by atomic mass is 32.2. The molecule has 0 saturated carbocycles. The van der Waals surface area contributed by atoms with E-state index < -0.39 is 0 Å². The first-order valence-corrected chi connectivity index (χ1v) is 4.45. The predicted molar refractivity (Wildman–Crippen MR) is 49.4 cm³/mol. The van der Waals surface area contributed by atoms with E-state index in [1.54, 1.807) is 7.11 Å². The number of nitrogens with zero attached hydrogens (tertiary/aromatic N) is 1. The Hall–Kier alpha value is -0.420. The van der Waals surface area contributed by atoms with Gasteiger partial charge in [0.05, 0.1) is 0 Å². The number of rotatable bonds is 5.